The Balaban J connectivity index is 1.11. The summed E-state index contributed by atoms with van der Waals surface area (Å²) in [5.74, 6) is -0.00501. The molecule has 1 fully saturated rings. The number of ether oxygens (including phenoxy) is 1. The van der Waals surface area contributed by atoms with Crippen molar-refractivity contribution in [3.05, 3.63) is 77.5 Å². The van der Waals surface area contributed by atoms with Crippen LogP contribution in [0, 0.1) is 6.92 Å². The molecule has 1 saturated heterocycles. The molecule has 0 atom stereocenters. The Kier molecular flexibility index (Phi) is 6.62. The average Bonchev–Trinajstić information content (AvgIpc) is 3.39. The van der Waals surface area contributed by atoms with Crippen LogP contribution < -0.4 is 20.5 Å². The van der Waals surface area contributed by atoms with Gasteiger partial charge in [-0.1, -0.05) is 18.2 Å². The van der Waals surface area contributed by atoms with Crippen molar-refractivity contribution in [2.45, 2.75) is 26.9 Å². The molecule has 4 aromatic rings. The summed E-state index contributed by atoms with van der Waals surface area (Å²) in [6, 6.07) is 16.7. The van der Waals surface area contributed by atoms with E-state index in [0.29, 0.717) is 5.69 Å². The fraction of sp³-hybridized carbons (Fsp3) is 0.310. The lowest BCUT2D eigenvalue weighted by Crippen LogP contribution is -2.47. The lowest BCUT2D eigenvalue weighted by Gasteiger charge is -2.36. The lowest BCUT2D eigenvalue weighted by molar-refractivity contribution is -0.119. The van der Waals surface area contributed by atoms with E-state index in [1.165, 1.54) is 18.0 Å². The van der Waals surface area contributed by atoms with Crippen LogP contribution in [0.1, 0.15) is 34.4 Å². The molecule has 2 aliphatic heterocycles. The molecular formula is C29H31N7O3. The number of benzene rings is 2. The fourth-order valence-electron chi connectivity index (χ4n) is 5.39. The van der Waals surface area contributed by atoms with E-state index in [1.54, 1.807) is 6.33 Å². The van der Waals surface area contributed by atoms with E-state index in [9.17, 15) is 9.59 Å². The molecule has 0 spiro atoms. The number of hydrogen-bond acceptors (Lipinski definition) is 7. The summed E-state index contributed by atoms with van der Waals surface area (Å²) in [6.07, 6.45) is 2.49. The van der Waals surface area contributed by atoms with Crippen molar-refractivity contribution in [1.82, 2.24) is 30.3 Å². The van der Waals surface area contributed by atoms with Crippen molar-refractivity contribution < 1.29 is 14.3 Å². The number of pyridine rings is 1. The van der Waals surface area contributed by atoms with Crippen LogP contribution in [0.4, 0.5) is 5.69 Å². The number of aromatic nitrogens is 3. The molecule has 0 aliphatic carbocycles. The highest BCUT2D eigenvalue weighted by Gasteiger charge is 2.27. The van der Waals surface area contributed by atoms with Crippen LogP contribution in [0.15, 0.2) is 54.9 Å². The molecule has 0 bridgehead atoms. The molecule has 0 unspecified atom stereocenters. The second-order valence-corrected chi connectivity index (χ2v) is 9.97. The van der Waals surface area contributed by atoms with Gasteiger partial charge in [-0.05, 0) is 49.2 Å². The Morgan fingerprint density at radius 3 is 2.59 bits per heavy atom. The van der Waals surface area contributed by atoms with Crippen LogP contribution in [-0.2, 0) is 17.8 Å². The predicted octanol–water partition coefficient (Wildman–Crippen LogP) is 2.77. The van der Waals surface area contributed by atoms with E-state index >= 15 is 0 Å². The van der Waals surface area contributed by atoms with E-state index in [1.807, 2.05) is 23.6 Å². The molecule has 6 rings (SSSR count). The van der Waals surface area contributed by atoms with Crippen LogP contribution in [0.3, 0.4) is 0 Å². The van der Waals surface area contributed by atoms with Crippen molar-refractivity contribution in [1.29, 1.82) is 0 Å². The van der Waals surface area contributed by atoms with Crippen molar-refractivity contribution in [3.8, 4) is 11.4 Å². The summed E-state index contributed by atoms with van der Waals surface area (Å²) in [5, 5.41) is 1.21. The highest BCUT2D eigenvalue weighted by atomic mass is 16.5. The van der Waals surface area contributed by atoms with Crippen LogP contribution in [0.2, 0.25) is 0 Å². The number of hydrazine groups is 1. The number of carbonyl (C=O) groups is 2. The van der Waals surface area contributed by atoms with Gasteiger partial charge in [0.1, 0.15) is 18.7 Å². The average molecular weight is 526 g/mol. The Labute approximate surface area is 226 Å². The van der Waals surface area contributed by atoms with Crippen molar-refractivity contribution in [2.24, 2.45) is 0 Å². The van der Waals surface area contributed by atoms with E-state index in [-0.39, 0.29) is 18.2 Å². The minimum absolute atomic E-state index is 0.227. The molecule has 0 radical (unpaired) electrons. The van der Waals surface area contributed by atoms with Gasteiger partial charge in [-0.2, -0.15) is 0 Å². The summed E-state index contributed by atoms with van der Waals surface area (Å²) in [6.45, 7) is 8.44. The third-order valence-corrected chi connectivity index (χ3v) is 7.38. The zero-order valence-corrected chi connectivity index (χ0v) is 22.1. The second kappa shape index (κ2) is 10.4. The summed E-state index contributed by atoms with van der Waals surface area (Å²) >= 11 is 0. The van der Waals surface area contributed by atoms with Crippen LogP contribution in [0.5, 0.6) is 5.75 Å². The molecule has 10 nitrogen and oxygen atoms in total. The number of aryl methyl sites for hydroxylation is 1. The van der Waals surface area contributed by atoms with Crippen molar-refractivity contribution in [2.75, 3.05) is 37.6 Å². The largest absolute Gasteiger partial charge is 0.485 e. The second-order valence-electron chi connectivity index (χ2n) is 9.97. The number of rotatable bonds is 5. The number of hydrogen-bond donors (Lipinski definition) is 2. The number of para-hydroxylation sites is 1. The van der Waals surface area contributed by atoms with Gasteiger partial charge in [-0.3, -0.25) is 34.9 Å². The van der Waals surface area contributed by atoms with E-state index < -0.39 is 5.91 Å². The number of nitrogens with zero attached hydrogens (tertiary/aromatic N) is 5. The summed E-state index contributed by atoms with van der Waals surface area (Å²) in [4.78, 5) is 37.5. The zero-order chi connectivity index (χ0) is 26.9. The lowest BCUT2D eigenvalue weighted by atomic mass is 10.1. The first-order valence-electron chi connectivity index (χ1n) is 13.2. The van der Waals surface area contributed by atoms with E-state index in [2.05, 4.69) is 62.0 Å². The quantitative estimate of drug-likeness (QED) is 0.386. The van der Waals surface area contributed by atoms with Crippen LogP contribution >= 0.6 is 0 Å². The normalized spacial score (nSPS) is 14.9. The molecule has 2 aromatic carbocycles. The third kappa shape index (κ3) is 4.90. The maximum absolute atomic E-state index is 12.5. The number of nitrogens with one attached hydrogen (secondary N) is 2. The van der Waals surface area contributed by atoms with Crippen molar-refractivity contribution >= 4 is 28.4 Å². The van der Waals surface area contributed by atoms with Crippen LogP contribution in [0.25, 0.3) is 16.6 Å². The monoisotopic (exact) mass is 525 g/mol. The topological polar surface area (TPSA) is 105 Å². The Hall–Kier alpha value is -4.44. The predicted molar refractivity (Wildman–Crippen MR) is 148 cm³/mol. The first-order valence-corrected chi connectivity index (χ1v) is 13.2. The molecule has 0 saturated carbocycles. The zero-order valence-electron chi connectivity index (χ0n) is 22.1. The van der Waals surface area contributed by atoms with E-state index in [4.69, 9.17) is 9.72 Å². The highest BCUT2D eigenvalue weighted by molar-refractivity contribution is 5.95. The number of anilines is 1. The van der Waals surface area contributed by atoms with Gasteiger partial charge in [0.05, 0.1) is 16.9 Å². The Morgan fingerprint density at radius 2 is 1.77 bits per heavy atom. The molecule has 39 heavy (non-hydrogen) atoms. The summed E-state index contributed by atoms with van der Waals surface area (Å²) in [5.41, 5.74) is 10.9. The maximum atomic E-state index is 12.5. The van der Waals surface area contributed by atoms with Crippen molar-refractivity contribution in [3.63, 3.8) is 0 Å². The number of imidazole rings is 1. The number of piperazine rings is 1. The van der Waals surface area contributed by atoms with Gasteiger partial charge in [0.2, 0.25) is 5.91 Å². The molecule has 2 aliphatic rings. The van der Waals surface area contributed by atoms with Gasteiger partial charge in [0.25, 0.3) is 5.91 Å². The number of amides is 2. The number of carbonyl (C=O) groups excluding carboxylic acids is 2. The van der Waals surface area contributed by atoms with Gasteiger partial charge in [-0.15, -0.1) is 0 Å². The Bertz CT molecular complexity index is 1560. The number of fused-ring (bicyclic) bond motifs is 4. The molecule has 200 valence electrons. The molecule has 4 heterocycles. The summed E-state index contributed by atoms with van der Waals surface area (Å²) in [7, 11) is 0. The maximum Gasteiger partial charge on any atom is 0.290 e. The molecule has 2 amide bonds. The molecule has 10 heteroatoms. The third-order valence-electron chi connectivity index (χ3n) is 7.38. The molecule has 2 N–H and O–H groups in total. The minimum atomic E-state index is -0.476. The summed E-state index contributed by atoms with van der Waals surface area (Å²) < 4.78 is 8.05. The van der Waals surface area contributed by atoms with E-state index in [0.717, 1.165) is 67.4 Å². The fourth-order valence-corrected chi connectivity index (χ4v) is 5.39. The SMILES string of the molecule is CC(=O)NNC(=O)c1ncn2c1COc1c(CCN3CCN(c4cccc5nc(C)ccc45)CC3)cccc1-2. The first-order chi connectivity index (χ1) is 19.0. The van der Waals surface area contributed by atoms with Gasteiger partial charge in [0.15, 0.2) is 5.69 Å². The standard InChI is InChI=1S/C29H31N7O3/c1-19-9-10-22-23(31-19)6-4-7-24(22)35-15-13-34(14-16-35)12-11-21-5-3-8-25-28(21)39-17-26-27(30-18-36(25)26)29(38)33-32-20(2)37/h3-10,18H,11-17H2,1-2H3,(H,32,37)(H,33,38). The first kappa shape index (κ1) is 24.9. The van der Waals surface area contributed by atoms with Gasteiger partial charge >= 0.3 is 0 Å². The molecular weight excluding hydrogens is 494 g/mol. The molecule has 2 aromatic heterocycles. The highest BCUT2D eigenvalue weighted by Crippen LogP contribution is 2.34. The minimum Gasteiger partial charge on any atom is -0.485 e. The van der Waals surface area contributed by atoms with Gasteiger partial charge in [-0.25, -0.2) is 4.98 Å². The van der Waals surface area contributed by atoms with Crippen LogP contribution in [-0.4, -0.2) is 64.0 Å². The smallest absolute Gasteiger partial charge is 0.290 e. The van der Waals surface area contributed by atoms with Gasteiger partial charge < -0.3 is 9.64 Å². The Morgan fingerprint density at radius 1 is 0.974 bits per heavy atom. The van der Waals surface area contributed by atoms with Gasteiger partial charge in [0, 0.05) is 56.4 Å².